The van der Waals surface area contributed by atoms with Crippen molar-refractivity contribution in [1.82, 2.24) is 4.31 Å². The zero-order valence-electron chi connectivity index (χ0n) is 14.5. The lowest BCUT2D eigenvalue weighted by Crippen LogP contribution is -2.43. The molecule has 0 aliphatic carbocycles. The number of hydrogen-bond acceptors (Lipinski definition) is 3. The summed E-state index contributed by atoms with van der Waals surface area (Å²) in [5, 5.41) is 2.85. The quantitative estimate of drug-likeness (QED) is 0.635. The van der Waals surface area contributed by atoms with Gasteiger partial charge in [-0.25, -0.2) is 12.8 Å². The number of carbonyl (C=O) groups is 1. The van der Waals surface area contributed by atoms with Gasteiger partial charge in [0.25, 0.3) is 0 Å². The molecule has 10 heteroatoms. The Morgan fingerprint density at radius 3 is 2.68 bits per heavy atom. The van der Waals surface area contributed by atoms with Gasteiger partial charge in [0, 0.05) is 22.6 Å². The fourth-order valence-electron chi connectivity index (χ4n) is 3.01. The highest BCUT2D eigenvalue weighted by Crippen LogP contribution is 2.31. The van der Waals surface area contributed by atoms with Crippen LogP contribution in [0.3, 0.4) is 0 Å². The smallest absolute Gasteiger partial charge is 0.244 e. The van der Waals surface area contributed by atoms with Crippen LogP contribution in [0.2, 0.25) is 10.0 Å². The number of benzene rings is 2. The topological polar surface area (TPSA) is 66.5 Å². The predicted molar refractivity (Wildman–Crippen MR) is 111 cm³/mol. The number of sulfonamides is 1. The van der Waals surface area contributed by atoms with E-state index >= 15 is 0 Å². The van der Waals surface area contributed by atoms with Crippen molar-refractivity contribution in [3.05, 3.63) is 56.7 Å². The molecule has 1 amide bonds. The molecule has 28 heavy (non-hydrogen) atoms. The van der Waals surface area contributed by atoms with E-state index in [9.17, 15) is 17.6 Å². The minimum absolute atomic E-state index is 0.0187. The van der Waals surface area contributed by atoms with E-state index in [1.807, 2.05) is 0 Å². The van der Waals surface area contributed by atoms with Crippen LogP contribution in [-0.4, -0.2) is 31.7 Å². The number of hydrogen-bond donors (Lipinski definition) is 1. The van der Waals surface area contributed by atoms with Crippen LogP contribution in [0.25, 0.3) is 0 Å². The third-order valence-electron chi connectivity index (χ3n) is 4.45. The summed E-state index contributed by atoms with van der Waals surface area (Å²) in [6.07, 6.45) is 0.998. The first-order chi connectivity index (χ1) is 13.2. The van der Waals surface area contributed by atoms with Gasteiger partial charge in [-0.2, -0.15) is 4.31 Å². The maximum absolute atomic E-state index is 14.0. The maximum Gasteiger partial charge on any atom is 0.244 e. The second-order valence-corrected chi connectivity index (χ2v) is 10.1. The molecule has 0 bridgehead atoms. The summed E-state index contributed by atoms with van der Waals surface area (Å²) >= 11 is 15.1. The third kappa shape index (κ3) is 4.68. The maximum atomic E-state index is 14.0. The Morgan fingerprint density at radius 2 is 1.96 bits per heavy atom. The highest BCUT2D eigenvalue weighted by molar-refractivity contribution is 9.10. The van der Waals surface area contributed by atoms with Crippen molar-refractivity contribution in [3.63, 3.8) is 0 Å². The Labute approximate surface area is 181 Å². The Balaban J connectivity index is 1.78. The van der Waals surface area contributed by atoms with E-state index in [4.69, 9.17) is 23.2 Å². The van der Waals surface area contributed by atoms with E-state index in [2.05, 4.69) is 21.2 Å². The molecule has 150 valence electrons. The molecule has 1 N–H and O–H groups in total. The van der Waals surface area contributed by atoms with Crippen molar-refractivity contribution in [1.29, 1.82) is 0 Å². The summed E-state index contributed by atoms with van der Waals surface area (Å²) in [4.78, 5) is 12.5. The van der Waals surface area contributed by atoms with E-state index in [0.717, 1.165) is 0 Å². The number of anilines is 1. The molecule has 1 atom stereocenters. The van der Waals surface area contributed by atoms with Gasteiger partial charge < -0.3 is 5.32 Å². The van der Waals surface area contributed by atoms with E-state index in [1.54, 1.807) is 6.07 Å². The molecular formula is C18H16BrCl2FN2O3S. The van der Waals surface area contributed by atoms with Gasteiger partial charge >= 0.3 is 0 Å². The van der Waals surface area contributed by atoms with E-state index < -0.39 is 27.7 Å². The molecule has 1 fully saturated rings. The number of nitrogens with one attached hydrogen (secondary N) is 1. The van der Waals surface area contributed by atoms with Crippen LogP contribution in [0.4, 0.5) is 10.1 Å². The molecule has 1 heterocycles. The zero-order valence-corrected chi connectivity index (χ0v) is 18.4. The summed E-state index contributed by atoms with van der Waals surface area (Å²) in [6, 6.07) is 8.51. The van der Waals surface area contributed by atoms with Crippen LogP contribution in [-0.2, 0) is 14.8 Å². The monoisotopic (exact) mass is 508 g/mol. The van der Waals surface area contributed by atoms with Gasteiger partial charge in [-0.1, -0.05) is 39.1 Å². The standard InChI is InChI=1S/C18H16BrCl2FN2O3S/c19-12-3-6-16(15(22)8-12)23-18(25)11-2-1-7-24(10-11)28(26,27)17-9-13(20)4-5-14(17)21/h3-6,8-9,11H,1-2,7,10H2,(H,23,25)/t11-/m0/s1. The van der Waals surface area contributed by atoms with Gasteiger partial charge in [0.1, 0.15) is 10.7 Å². The molecule has 3 rings (SSSR count). The van der Waals surface area contributed by atoms with Crippen LogP contribution in [0, 0.1) is 11.7 Å². The summed E-state index contributed by atoms with van der Waals surface area (Å²) in [7, 11) is -3.91. The Bertz CT molecular complexity index is 1020. The average molecular weight is 510 g/mol. The number of amides is 1. The van der Waals surface area contributed by atoms with Crippen molar-refractivity contribution in [3.8, 4) is 0 Å². The summed E-state index contributed by atoms with van der Waals surface area (Å²) in [5.41, 5.74) is 0.0473. The van der Waals surface area contributed by atoms with Gasteiger partial charge in [0.15, 0.2) is 0 Å². The molecule has 0 saturated carbocycles. The summed E-state index contributed by atoms with van der Waals surface area (Å²) in [5.74, 6) is -1.61. The van der Waals surface area contributed by atoms with Crippen molar-refractivity contribution in [2.24, 2.45) is 5.92 Å². The molecule has 0 aromatic heterocycles. The Kier molecular flexibility index (Phi) is 6.66. The fourth-order valence-corrected chi connectivity index (χ4v) is 5.61. The lowest BCUT2D eigenvalue weighted by Gasteiger charge is -2.31. The van der Waals surface area contributed by atoms with Crippen molar-refractivity contribution >= 4 is 60.7 Å². The molecule has 2 aromatic rings. The van der Waals surface area contributed by atoms with Crippen molar-refractivity contribution < 1.29 is 17.6 Å². The molecule has 0 spiro atoms. The lowest BCUT2D eigenvalue weighted by atomic mass is 9.98. The Morgan fingerprint density at radius 1 is 1.21 bits per heavy atom. The van der Waals surface area contributed by atoms with Gasteiger partial charge in [-0.05, 0) is 49.2 Å². The number of carbonyl (C=O) groups excluding carboxylic acids is 1. The first-order valence-corrected chi connectivity index (χ1v) is 11.4. The minimum atomic E-state index is -3.91. The average Bonchev–Trinajstić information content (AvgIpc) is 2.66. The van der Waals surface area contributed by atoms with Crippen LogP contribution in [0.5, 0.6) is 0 Å². The van der Waals surface area contributed by atoms with Crippen molar-refractivity contribution in [2.75, 3.05) is 18.4 Å². The molecule has 0 radical (unpaired) electrons. The van der Waals surface area contributed by atoms with Crippen LogP contribution >= 0.6 is 39.1 Å². The number of piperidine rings is 1. The number of halogens is 4. The van der Waals surface area contributed by atoms with Gasteiger partial charge in [0.05, 0.1) is 16.6 Å². The van der Waals surface area contributed by atoms with E-state index in [1.165, 1.54) is 34.6 Å². The predicted octanol–water partition coefficient (Wildman–Crippen LogP) is 4.93. The molecule has 2 aromatic carbocycles. The lowest BCUT2D eigenvalue weighted by molar-refractivity contribution is -0.120. The fraction of sp³-hybridized carbons (Fsp3) is 0.278. The second-order valence-electron chi connectivity index (χ2n) is 6.39. The molecular weight excluding hydrogens is 494 g/mol. The van der Waals surface area contributed by atoms with Crippen LogP contribution in [0.1, 0.15) is 12.8 Å². The highest BCUT2D eigenvalue weighted by atomic mass is 79.9. The third-order valence-corrected chi connectivity index (χ3v) is 7.53. The van der Waals surface area contributed by atoms with Gasteiger partial charge in [0.2, 0.25) is 15.9 Å². The molecule has 5 nitrogen and oxygen atoms in total. The minimum Gasteiger partial charge on any atom is -0.323 e. The normalized spacial score (nSPS) is 18.1. The molecule has 1 aliphatic rings. The second kappa shape index (κ2) is 8.67. The number of nitrogens with zero attached hydrogens (tertiary/aromatic N) is 1. The first kappa shape index (κ1) is 21.5. The molecule has 1 saturated heterocycles. The highest BCUT2D eigenvalue weighted by Gasteiger charge is 2.34. The van der Waals surface area contributed by atoms with Crippen molar-refractivity contribution in [2.45, 2.75) is 17.7 Å². The molecule has 0 unspecified atom stereocenters. The van der Waals surface area contributed by atoms with E-state index in [-0.39, 0.29) is 33.7 Å². The largest absolute Gasteiger partial charge is 0.323 e. The molecule has 1 aliphatic heterocycles. The summed E-state index contributed by atoms with van der Waals surface area (Å²) < 4.78 is 41.7. The Hall–Kier alpha value is -1.19. The summed E-state index contributed by atoms with van der Waals surface area (Å²) in [6.45, 7) is 0.247. The SMILES string of the molecule is O=C(Nc1ccc(Br)cc1F)[C@H]1CCCN(S(=O)(=O)c2cc(Cl)ccc2Cl)C1. The number of rotatable bonds is 4. The van der Waals surface area contributed by atoms with Gasteiger partial charge in [-0.15, -0.1) is 0 Å². The van der Waals surface area contributed by atoms with E-state index in [0.29, 0.717) is 17.3 Å². The van der Waals surface area contributed by atoms with Crippen LogP contribution in [0.15, 0.2) is 45.8 Å². The van der Waals surface area contributed by atoms with Crippen LogP contribution < -0.4 is 5.32 Å². The zero-order chi connectivity index (χ0) is 20.5. The first-order valence-electron chi connectivity index (χ1n) is 8.39. The van der Waals surface area contributed by atoms with Gasteiger partial charge in [-0.3, -0.25) is 4.79 Å².